The summed E-state index contributed by atoms with van der Waals surface area (Å²) in [5, 5.41) is 6.58. The zero-order chi connectivity index (χ0) is 17.2. The van der Waals surface area contributed by atoms with Crippen LogP contribution in [0, 0.1) is 5.92 Å². The maximum absolute atomic E-state index is 13.1. The Morgan fingerprint density at radius 3 is 2.75 bits per heavy atom. The van der Waals surface area contributed by atoms with Gasteiger partial charge in [0.2, 0.25) is 5.91 Å². The van der Waals surface area contributed by atoms with Crippen molar-refractivity contribution in [1.29, 1.82) is 0 Å². The summed E-state index contributed by atoms with van der Waals surface area (Å²) in [6.07, 6.45) is 1.04. The molecule has 1 aromatic rings. The van der Waals surface area contributed by atoms with E-state index in [0.717, 1.165) is 25.7 Å². The maximum Gasteiger partial charge on any atom is 0.435 e. The minimum Gasteiger partial charge on any atom is -0.376 e. The lowest BCUT2D eigenvalue weighted by molar-refractivity contribution is -0.142. The van der Waals surface area contributed by atoms with Gasteiger partial charge in [0.05, 0.1) is 19.8 Å². The molecule has 0 saturated heterocycles. The molecule has 0 radical (unpaired) electrons. The van der Waals surface area contributed by atoms with E-state index in [1.165, 1.54) is 11.1 Å². The van der Waals surface area contributed by atoms with Crippen LogP contribution in [0.1, 0.15) is 49.1 Å². The predicted molar refractivity (Wildman–Crippen MR) is 80.2 cm³/mol. The first-order chi connectivity index (χ1) is 11.5. The van der Waals surface area contributed by atoms with Crippen LogP contribution in [0.25, 0.3) is 0 Å². The van der Waals surface area contributed by atoms with Gasteiger partial charge in [-0.15, -0.1) is 0 Å². The number of carbonyl (C=O) groups is 1. The predicted octanol–water partition coefficient (Wildman–Crippen LogP) is 2.67. The van der Waals surface area contributed by atoms with Crippen LogP contribution >= 0.6 is 0 Å². The van der Waals surface area contributed by atoms with Crippen LogP contribution in [-0.4, -0.2) is 28.8 Å². The number of alkyl halides is 3. The van der Waals surface area contributed by atoms with E-state index in [0.29, 0.717) is 25.3 Å². The third kappa shape index (κ3) is 3.74. The Morgan fingerprint density at radius 1 is 1.29 bits per heavy atom. The van der Waals surface area contributed by atoms with Crippen molar-refractivity contribution in [3.63, 3.8) is 0 Å². The second-order valence-corrected chi connectivity index (χ2v) is 6.42. The molecule has 3 rings (SSSR count). The molecule has 2 aliphatic rings. The van der Waals surface area contributed by atoms with Gasteiger partial charge in [-0.2, -0.15) is 18.3 Å². The fourth-order valence-corrected chi connectivity index (χ4v) is 3.52. The summed E-state index contributed by atoms with van der Waals surface area (Å²) in [6, 6.07) is 0. The number of amides is 1. The minimum atomic E-state index is -4.48. The first-order valence-electron chi connectivity index (χ1n) is 8.48. The number of aromatic nitrogens is 2. The van der Waals surface area contributed by atoms with Gasteiger partial charge >= 0.3 is 6.18 Å². The van der Waals surface area contributed by atoms with E-state index in [2.05, 4.69) is 10.4 Å². The molecule has 0 spiro atoms. The summed E-state index contributed by atoms with van der Waals surface area (Å²) < 4.78 is 45.8. The third-order valence-electron chi connectivity index (χ3n) is 4.76. The van der Waals surface area contributed by atoms with Crippen molar-refractivity contribution in [2.45, 2.75) is 57.9 Å². The van der Waals surface area contributed by atoms with Gasteiger partial charge in [-0.1, -0.05) is 19.3 Å². The number of carbonyl (C=O) groups excluding carboxylic acids is 1. The molecule has 134 valence electrons. The molecule has 1 saturated carbocycles. The van der Waals surface area contributed by atoms with Gasteiger partial charge in [-0.25, -0.2) is 0 Å². The van der Waals surface area contributed by atoms with E-state index in [4.69, 9.17) is 4.74 Å². The number of nitrogens with zero attached hydrogens (tertiary/aromatic N) is 2. The molecule has 5 nitrogen and oxygen atoms in total. The lowest BCUT2D eigenvalue weighted by Crippen LogP contribution is -2.34. The second-order valence-electron chi connectivity index (χ2n) is 6.42. The van der Waals surface area contributed by atoms with E-state index in [-0.39, 0.29) is 30.5 Å². The van der Waals surface area contributed by atoms with Crippen molar-refractivity contribution in [3.05, 3.63) is 17.0 Å². The van der Waals surface area contributed by atoms with Gasteiger partial charge in [0.25, 0.3) is 0 Å². The van der Waals surface area contributed by atoms with Gasteiger partial charge < -0.3 is 10.1 Å². The molecule has 1 aliphatic heterocycles. The maximum atomic E-state index is 13.1. The molecule has 2 heterocycles. The van der Waals surface area contributed by atoms with Gasteiger partial charge in [0.1, 0.15) is 0 Å². The standard InChI is InChI=1S/C16H22F3N3O2/c17-16(18,19)14-12-10-24-9-6-13(12)22(21-14)8-7-20-15(23)11-4-2-1-3-5-11/h11H,1-10H2,(H,20,23). The Balaban J connectivity index is 1.63. The number of hydrogen-bond acceptors (Lipinski definition) is 3. The van der Waals surface area contributed by atoms with Crippen molar-refractivity contribution < 1.29 is 22.7 Å². The first kappa shape index (κ1) is 17.3. The molecule has 24 heavy (non-hydrogen) atoms. The number of halogens is 3. The monoisotopic (exact) mass is 345 g/mol. The summed E-state index contributed by atoms with van der Waals surface area (Å²) in [7, 11) is 0. The summed E-state index contributed by atoms with van der Waals surface area (Å²) >= 11 is 0. The Kier molecular flexibility index (Phi) is 5.12. The molecular weight excluding hydrogens is 323 g/mol. The van der Waals surface area contributed by atoms with E-state index in [1.54, 1.807) is 0 Å². The second kappa shape index (κ2) is 7.13. The quantitative estimate of drug-likeness (QED) is 0.913. The van der Waals surface area contributed by atoms with Crippen molar-refractivity contribution in [1.82, 2.24) is 15.1 Å². The average molecular weight is 345 g/mol. The number of nitrogens with one attached hydrogen (secondary N) is 1. The topological polar surface area (TPSA) is 56.2 Å². The van der Waals surface area contributed by atoms with Crippen molar-refractivity contribution in [2.24, 2.45) is 5.92 Å². The Hall–Kier alpha value is -1.57. The Labute approximate surface area is 138 Å². The SMILES string of the molecule is O=C(NCCn1nc(C(F)(F)F)c2c1CCOC2)C1CCCCC1. The Bertz CT molecular complexity index is 592. The lowest BCUT2D eigenvalue weighted by Gasteiger charge is -2.21. The number of hydrogen-bond donors (Lipinski definition) is 1. The largest absolute Gasteiger partial charge is 0.435 e. The zero-order valence-electron chi connectivity index (χ0n) is 13.5. The fourth-order valence-electron chi connectivity index (χ4n) is 3.52. The average Bonchev–Trinajstić information content (AvgIpc) is 2.95. The number of rotatable bonds is 4. The van der Waals surface area contributed by atoms with E-state index in [1.807, 2.05) is 0 Å². The highest BCUT2D eigenvalue weighted by Crippen LogP contribution is 2.34. The molecule has 1 fully saturated rings. The molecule has 8 heteroatoms. The highest BCUT2D eigenvalue weighted by Gasteiger charge is 2.39. The van der Waals surface area contributed by atoms with Crippen LogP contribution in [0.5, 0.6) is 0 Å². The number of fused-ring (bicyclic) bond motifs is 1. The molecule has 1 aliphatic carbocycles. The van der Waals surface area contributed by atoms with Gasteiger partial charge in [-0.05, 0) is 12.8 Å². The van der Waals surface area contributed by atoms with Crippen LogP contribution in [0.3, 0.4) is 0 Å². The van der Waals surface area contributed by atoms with Crippen LogP contribution in [0.2, 0.25) is 0 Å². The zero-order valence-corrected chi connectivity index (χ0v) is 13.5. The molecular formula is C16H22F3N3O2. The van der Waals surface area contributed by atoms with Crippen LogP contribution in [0.15, 0.2) is 0 Å². The molecule has 0 unspecified atom stereocenters. The van der Waals surface area contributed by atoms with E-state index in [9.17, 15) is 18.0 Å². The van der Waals surface area contributed by atoms with Crippen molar-refractivity contribution >= 4 is 5.91 Å². The highest BCUT2D eigenvalue weighted by molar-refractivity contribution is 5.78. The lowest BCUT2D eigenvalue weighted by atomic mass is 9.89. The molecule has 0 atom stereocenters. The smallest absolute Gasteiger partial charge is 0.376 e. The van der Waals surface area contributed by atoms with Gasteiger partial charge in [0, 0.05) is 30.1 Å². The van der Waals surface area contributed by atoms with Crippen LogP contribution in [-0.2, 0) is 35.3 Å². The summed E-state index contributed by atoms with van der Waals surface area (Å²) in [5.41, 5.74) is -0.163. The molecule has 0 bridgehead atoms. The minimum absolute atomic E-state index is 0.00935. The molecule has 1 amide bonds. The van der Waals surface area contributed by atoms with Crippen molar-refractivity contribution in [2.75, 3.05) is 13.2 Å². The first-order valence-corrected chi connectivity index (χ1v) is 8.48. The Morgan fingerprint density at radius 2 is 2.04 bits per heavy atom. The van der Waals surface area contributed by atoms with Crippen LogP contribution in [0.4, 0.5) is 13.2 Å². The summed E-state index contributed by atoms with van der Waals surface area (Å²) in [5.74, 6) is 0.0551. The van der Waals surface area contributed by atoms with Gasteiger partial charge in [-0.3, -0.25) is 9.48 Å². The normalized spacial score (nSPS) is 19.1. The molecule has 1 aromatic heterocycles. The summed E-state index contributed by atoms with van der Waals surface area (Å²) in [4.78, 5) is 12.1. The summed E-state index contributed by atoms with van der Waals surface area (Å²) in [6.45, 7) is 0.877. The fraction of sp³-hybridized carbons (Fsp3) is 0.750. The molecule has 1 N–H and O–H groups in total. The number of ether oxygens (including phenoxy) is 1. The van der Waals surface area contributed by atoms with E-state index >= 15 is 0 Å². The highest BCUT2D eigenvalue weighted by atomic mass is 19.4. The third-order valence-corrected chi connectivity index (χ3v) is 4.76. The van der Waals surface area contributed by atoms with Crippen LogP contribution < -0.4 is 5.32 Å². The molecule has 0 aromatic carbocycles. The van der Waals surface area contributed by atoms with Gasteiger partial charge in [0.15, 0.2) is 5.69 Å². The van der Waals surface area contributed by atoms with Crippen molar-refractivity contribution in [3.8, 4) is 0 Å². The van der Waals surface area contributed by atoms with E-state index < -0.39 is 11.9 Å².